The van der Waals surface area contributed by atoms with Gasteiger partial charge in [-0.1, -0.05) is 23.7 Å². The van der Waals surface area contributed by atoms with E-state index in [4.69, 9.17) is 26.8 Å². The second-order valence-electron chi connectivity index (χ2n) is 5.45. The Kier molecular flexibility index (Phi) is 5.60. The van der Waals surface area contributed by atoms with Crippen LogP contribution in [0.2, 0.25) is 5.02 Å². The summed E-state index contributed by atoms with van der Waals surface area (Å²) in [5.74, 6) is -0.0788. The van der Waals surface area contributed by atoms with Gasteiger partial charge in [-0.15, -0.1) is 11.3 Å². The van der Waals surface area contributed by atoms with Gasteiger partial charge in [0.2, 0.25) is 0 Å². The monoisotopic (exact) mass is 399 g/mol. The number of fused-ring (bicyclic) bond motifs is 1. The predicted molar refractivity (Wildman–Crippen MR) is 106 cm³/mol. The molecule has 3 aromatic rings. The molecule has 0 saturated heterocycles. The Morgan fingerprint density at radius 2 is 2.19 bits per heavy atom. The fourth-order valence-electron chi connectivity index (χ4n) is 2.40. The molecule has 0 unspecified atom stereocenters. The van der Waals surface area contributed by atoms with Crippen LogP contribution in [0, 0.1) is 11.3 Å². The quantitative estimate of drug-likeness (QED) is 0.634. The van der Waals surface area contributed by atoms with Gasteiger partial charge in [0.15, 0.2) is 18.1 Å². The number of methoxy groups -OCH3 is 1. The fraction of sp³-hybridized carbons (Fsp3) is 0.105. The summed E-state index contributed by atoms with van der Waals surface area (Å²) in [6.07, 6.45) is 1.67. The smallest absolute Gasteiger partial charge is 0.255 e. The molecule has 0 atom stereocenters. The van der Waals surface area contributed by atoms with Crippen LogP contribution in [0.5, 0.6) is 11.5 Å². The van der Waals surface area contributed by atoms with Crippen LogP contribution >= 0.6 is 22.9 Å². The van der Waals surface area contributed by atoms with Crippen molar-refractivity contribution in [1.82, 2.24) is 4.98 Å². The van der Waals surface area contributed by atoms with Crippen molar-refractivity contribution >= 4 is 50.7 Å². The van der Waals surface area contributed by atoms with Crippen molar-refractivity contribution < 1.29 is 14.3 Å². The van der Waals surface area contributed by atoms with E-state index in [1.54, 1.807) is 18.2 Å². The number of carbonyl (C=O) groups is 1. The summed E-state index contributed by atoms with van der Waals surface area (Å²) in [5, 5.41) is 10.4. The molecule has 2 aromatic carbocycles. The first-order valence-electron chi connectivity index (χ1n) is 7.78. The maximum absolute atomic E-state index is 10.9. The van der Waals surface area contributed by atoms with Crippen LogP contribution in [-0.2, 0) is 4.79 Å². The zero-order chi connectivity index (χ0) is 19.4. The average Bonchev–Trinajstić information content (AvgIpc) is 3.08. The van der Waals surface area contributed by atoms with Gasteiger partial charge in [0.1, 0.15) is 11.1 Å². The number of allylic oxidation sites excluding steroid dienone is 1. The van der Waals surface area contributed by atoms with Crippen LogP contribution in [0.1, 0.15) is 10.6 Å². The van der Waals surface area contributed by atoms with Crippen LogP contribution in [0.15, 0.2) is 36.4 Å². The van der Waals surface area contributed by atoms with Gasteiger partial charge in [0.25, 0.3) is 5.91 Å². The van der Waals surface area contributed by atoms with Crippen LogP contribution in [0.25, 0.3) is 21.9 Å². The van der Waals surface area contributed by atoms with E-state index >= 15 is 0 Å². The Balaban J connectivity index is 2.00. The van der Waals surface area contributed by atoms with Crippen molar-refractivity contribution in [3.05, 3.63) is 52.0 Å². The molecule has 2 N–H and O–H groups in total. The fourth-order valence-corrected chi connectivity index (χ4v) is 3.61. The third-order valence-corrected chi connectivity index (χ3v) is 4.92. The van der Waals surface area contributed by atoms with Crippen molar-refractivity contribution in [3.8, 4) is 17.6 Å². The minimum Gasteiger partial charge on any atom is -0.493 e. The number of nitriles is 1. The summed E-state index contributed by atoms with van der Waals surface area (Å²) >= 11 is 7.69. The van der Waals surface area contributed by atoms with Crippen LogP contribution < -0.4 is 15.2 Å². The molecule has 1 heterocycles. The number of benzene rings is 2. The van der Waals surface area contributed by atoms with Gasteiger partial charge in [0.05, 0.1) is 27.9 Å². The molecule has 0 saturated carbocycles. The van der Waals surface area contributed by atoms with Crippen molar-refractivity contribution in [2.45, 2.75) is 0 Å². The number of hydrogen-bond donors (Lipinski definition) is 1. The summed E-state index contributed by atoms with van der Waals surface area (Å²) in [4.78, 5) is 15.4. The molecule has 0 radical (unpaired) electrons. The number of rotatable bonds is 6. The van der Waals surface area contributed by atoms with Gasteiger partial charge in [-0.05, 0) is 35.9 Å². The van der Waals surface area contributed by atoms with Crippen molar-refractivity contribution in [2.24, 2.45) is 5.73 Å². The third-order valence-electron chi connectivity index (χ3n) is 3.57. The third kappa shape index (κ3) is 4.19. The van der Waals surface area contributed by atoms with Crippen molar-refractivity contribution in [1.29, 1.82) is 5.26 Å². The van der Waals surface area contributed by atoms with E-state index in [1.807, 2.05) is 24.3 Å². The van der Waals surface area contributed by atoms with E-state index in [1.165, 1.54) is 18.4 Å². The van der Waals surface area contributed by atoms with E-state index < -0.39 is 5.91 Å². The topological polar surface area (TPSA) is 98.2 Å². The molecule has 0 fully saturated rings. The van der Waals surface area contributed by atoms with E-state index in [2.05, 4.69) is 11.1 Å². The van der Waals surface area contributed by atoms with E-state index in [0.717, 1.165) is 10.2 Å². The molecule has 1 amide bonds. The molecule has 136 valence electrons. The Morgan fingerprint density at radius 3 is 2.85 bits per heavy atom. The van der Waals surface area contributed by atoms with E-state index in [0.29, 0.717) is 21.9 Å². The highest BCUT2D eigenvalue weighted by atomic mass is 35.5. The number of halogens is 1. The summed E-state index contributed by atoms with van der Waals surface area (Å²) in [7, 11) is 1.45. The Labute approximate surface area is 164 Å². The molecule has 3 rings (SSSR count). The maximum atomic E-state index is 10.9. The van der Waals surface area contributed by atoms with Crippen molar-refractivity contribution in [3.63, 3.8) is 0 Å². The second kappa shape index (κ2) is 8.08. The highest BCUT2D eigenvalue weighted by molar-refractivity contribution is 7.19. The number of amides is 1. The molecule has 27 heavy (non-hydrogen) atoms. The highest BCUT2D eigenvalue weighted by Gasteiger charge is 2.14. The SMILES string of the molecule is COc1cc(/C=C(\C#N)c2nc3ccccc3s2)cc(Cl)c1OCC(N)=O. The molecular weight excluding hydrogens is 386 g/mol. The minimum absolute atomic E-state index is 0.216. The zero-order valence-electron chi connectivity index (χ0n) is 14.2. The lowest BCUT2D eigenvalue weighted by Crippen LogP contribution is -2.20. The first-order chi connectivity index (χ1) is 13.0. The predicted octanol–water partition coefficient (Wildman–Crippen LogP) is 3.89. The number of aromatic nitrogens is 1. The molecule has 0 aliphatic rings. The summed E-state index contributed by atoms with van der Waals surface area (Å²) in [6, 6.07) is 13.1. The van der Waals surface area contributed by atoms with E-state index in [9.17, 15) is 10.1 Å². The largest absolute Gasteiger partial charge is 0.493 e. The lowest BCUT2D eigenvalue weighted by atomic mass is 10.1. The Bertz CT molecular complexity index is 1050. The normalized spacial score (nSPS) is 11.2. The molecular formula is C19H14ClN3O3S. The molecule has 0 aliphatic heterocycles. The van der Waals surface area contributed by atoms with Gasteiger partial charge in [0, 0.05) is 0 Å². The van der Waals surface area contributed by atoms with Crippen LogP contribution in [-0.4, -0.2) is 24.6 Å². The summed E-state index contributed by atoms with van der Waals surface area (Å²) in [6.45, 7) is -0.319. The Hall–Kier alpha value is -3.08. The number of hydrogen-bond acceptors (Lipinski definition) is 6. The standard InChI is InChI=1S/C19H14ClN3O3S/c1-25-15-8-11(7-13(20)18(15)26-10-17(22)24)6-12(9-21)19-23-14-4-2-3-5-16(14)27-19/h2-8H,10H2,1H3,(H2,22,24)/b12-6+. The van der Waals surface area contributed by atoms with Gasteiger partial charge in [-0.3, -0.25) is 4.79 Å². The van der Waals surface area contributed by atoms with Gasteiger partial charge in [-0.2, -0.15) is 5.26 Å². The average molecular weight is 400 g/mol. The first kappa shape index (κ1) is 18.7. The molecule has 0 aliphatic carbocycles. The summed E-state index contributed by atoms with van der Waals surface area (Å²) in [5.41, 5.74) is 6.97. The molecule has 6 nitrogen and oxygen atoms in total. The number of primary amides is 1. The second-order valence-corrected chi connectivity index (χ2v) is 6.88. The number of nitrogens with zero attached hydrogens (tertiary/aromatic N) is 2. The number of carbonyl (C=O) groups excluding carboxylic acids is 1. The number of ether oxygens (including phenoxy) is 2. The Morgan fingerprint density at radius 1 is 1.41 bits per heavy atom. The molecule has 8 heteroatoms. The van der Waals surface area contributed by atoms with Crippen molar-refractivity contribution in [2.75, 3.05) is 13.7 Å². The first-order valence-corrected chi connectivity index (χ1v) is 8.97. The lowest BCUT2D eigenvalue weighted by molar-refractivity contribution is -0.119. The van der Waals surface area contributed by atoms with Gasteiger partial charge in [-0.25, -0.2) is 4.98 Å². The number of para-hydroxylation sites is 1. The number of nitrogens with two attached hydrogens (primary N) is 1. The number of thiazole rings is 1. The molecule has 1 aromatic heterocycles. The lowest BCUT2D eigenvalue weighted by Gasteiger charge is -2.12. The van der Waals surface area contributed by atoms with Gasteiger partial charge >= 0.3 is 0 Å². The van der Waals surface area contributed by atoms with Crippen LogP contribution in [0.4, 0.5) is 0 Å². The van der Waals surface area contributed by atoms with E-state index in [-0.39, 0.29) is 17.4 Å². The molecule has 0 spiro atoms. The molecule has 0 bridgehead atoms. The zero-order valence-corrected chi connectivity index (χ0v) is 15.8. The maximum Gasteiger partial charge on any atom is 0.255 e. The highest BCUT2D eigenvalue weighted by Crippen LogP contribution is 2.37. The van der Waals surface area contributed by atoms with Gasteiger partial charge < -0.3 is 15.2 Å². The van der Waals surface area contributed by atoms with Crippen LogP contribution in [0.3, 0.4) is 0 Å². The minimum atomic E-state index is -0.625. The summed E-state index contributed by atoms with van der Waals surface area (Å²) < 4.78 is 11.6.